The maximum absolute atomic E-state index is 6.69. The van der Waals surface area contributed by atoms with Gasteiger partial charge < -0.3 is 13.3 Å². The SMILES string of the molecule is CCC(CC)CO[Si](Cl)(OCC(CC)CC)OCC(CC)CC. The van der Waals surface area contributed by atoms with Gasteiger partial charge >= 0.3 is 8.11 Å². The van der Waals surface area contributed by atoms with Crippen molar-refractivity contribution < 1.29 is 13.3 Å². The van der Waals surface area contributed by atoms with Crippen molar-refractivity contribution in [2.75, 3.05) is 19.8 Å². The molecule has 0 saturated carbocycles. The van der Waals surface area contributed by atoms with Crippen molar-refractivity contribution in [3.63, 3.8) is 0 Å². The lowest BCUT2D eigenvalue weighted by Gasteiger charge is -2.28. The molecule has 3 nitrogen and oxygen atoms in total. The highest BCUT2D eigenvalue weighted by Gasteiger charge is 2.41. The molecule has 0 heterocycles. The molecule has 0 aromatic rings. The van der Waals surface area contributed by atoms with Crippen LogP contribution in [-0.2, 0) is 13.3 Å². The zero-order valence-corrected chi connectivity index (χ0v) is 18.0. The van der Waals surface area contributed by atoms with Crippen LogP contribution in [0.5, 0.6) is 0 Å². The number of halogens is 1. The van der Waals surface area contributed by atoms with Crippen LogP contribution in [0.15, 0.2) is 0 Å². The molecule has 0 spiro atoms. The van der Waals surface area contributed by atoms with Crippen LogP contribution < -0.4 is 0 Å². The molecule has 0 aliphatic rings. The van der Waals surface area contributed by atoms with Gasteiger partial charge in [0.25, 0.3) is 0 Å². The molecule has 0 amide bonds. The van der Waals surface area contributed by atoms with Gasteiger partial charge in [-0.3, -0.25) is 0 Å². The van der Waals surface area contributed by atoms with Crippen molar-refractivity contribution in [3.8, 4) is 0 Å². The molecule has 0 saturated heterocycles. The Morgan fingerprint density at radius 1 is 0.565 bits per heavy atom. The Labute approximate surface area is 150 Å². The van der Waals surface area contributed by atoms with Crippen LogP contribution in [0.3, 0.4) is 0 Å². The summed E-state index contributed by atoms with van der Waals surface area (Å²) in [5.74, 6) is 1.57. The Balaban J connectivity index is 4.66. The van der Waals surface area contributed by atoms with Crippen molar-refractivity contribution >= 4 is 19.2 Å². The molecule has 0 atom stereocenters. The van der Waals surface area contributed by atoms with Crippen molar-refractivity contribution in [2.24, 2.45) is 17.8 Å². The average Bonchev–Trinajstić information content (AvgIpc) is 2.57. The van der Waals surface area contributed by atoms with Crippen LogP contribution in [0.4, 0.5) is 0 Å². The highest BCUT2D eigenvalue weighted by Crippen LogP contribution is 2.23. The van der Waals surface area contributed by atoms with Crippen LogP contribution in [0.1, 0.15) is 80.1 Å². The Morgan fingerprint density at radius 2 is 0.783 bits per heavy atom. The van der Waals surface area contributed by atoms with Crippen LogP contribution >= 0.6 is 11.1 Å². The highest BCUT2D eigenvalue weighted by molar-refractivity contribution is 7.09. The van der Waals surface area contributed by atoms with Crippen LogP contribution in [0.25, 0.3) is 0 Å². The van der Waals surface area contributed by atoms with Gasteiger partial charge in [0.15, 0.2) is 0 Å². The van der Waals surface area contributed by atoms with Crippen molar-refractivity contribution in [2.45, 2.75) is 80.1 Å². The molecular formula is C18H39ClO3Si. The molecule has 0 N–H and O–H groups in total. The molecule has 0 rings (SSSR count). The second kappa shape index (κ2) is 13.7. The summed E-state index contributed by atoms with van der Waals surface area (Å²) < 4.78 is 18.0. The zero-order chi connectivity index (χ0) is 17.7. The van der Waals surface area contributed by atoms with E-state index in [0.29, 0.717) is 37.6 Å². The Bertz CT molecular complexity index is 226. The predicted octanol–water partition coefficient (Wildman–Crippen LogP) is 6.02. The topological polar surface area (TPSA) is 27.7 Å². The molecule has 5 heteroatoms. The van der Waals surface area contributed by atoms with E-state index in [0.717, 1.165) is 38.5 Å². The molecule has 140 valence electrons. The van der Waals surface area contributed by atoms with Gasteiger partial charge in [-0.2, -0.15) is 0 Å². The third-order valence-electron chi connectivity index (χ3n) is 4.94. The number of hydrogen-bond acceptors (Lipinski definition) is 3. The second-order valence-corrected chi connectivity index (χ2v) is 9.68. The number of rotatable bonds is 15. The summed E-state index contributed by atoms with van der Waals surface area (Å²) in [4.78, 5) is 0. The van der Waals surface area contributed by atoms with Gasteiger partial charge in [0.2, 0.25) is 0 Å². The third-order valence-corrected chi connectivity index (χ3v) is 7.45. The fraction of sp³-hybridized carbons (Fsp3) is 1.00. The van der Waals surface area contributed by atoms with Crippen molar-refractivity contribution in [3.05, 3.63) is 0 Å². The zero-order valence-electron chi connectivity index (χ0n) is 16.2. The quantitative estimate of drug-likeness (QED) is 0.262. The first-order valence-corrected chi connectivity index (χ1v) is 12.3. The molecule has 0 unspecified atom stereocenters. The van der Waals surface area contributed by atoms with Crippen molar-refractivity contribution in [1.29, 1.82) is 0 Å². The van der Waals surface area contributed by atoms with Gasteiger partial charge in [0, 0.05) is 19.8 Å². The summed E-state index contributed by atoms with van der Waals surface area (Å²) >= 11 is 6.69. The first-order valence-electron chi connectivity index (χ1n) is 9.58. The minimum Gasteiger partial charge on any atom is -0.361 e. The molecular weight excluding hydrogens is 328 g/mol. The van der Waals surface area contributed by atoms with Gasteiger partial charge in [-0.1, -0.05) is 91.1 Å². The summed E-state index contributed by atoms with van der Waals surface area (Å²) in [7, 11) is -3.06. The predicted molar refractivity (Wildman–Crippen MR) is 102 cm³/mol. The summed E-state index contributed by atoms with van der Waals surface area (Å²) in [5, 5.41) is 0. The van der Waals surface area contributed by atoms with Gasteiger partial charge in [0.05, 0.1) is 0 Å². The fourth-order valence-electron chi connectivity index (χ4n) is 2.35. The van der Waals surface area contributed by atoms with E-state index in [1.807, 2.05) is 0 Å². The van der Waals surface area contributed by atoms with Crippen LogP contribution in [-0.4, -0.2) is 27.9 Å². The van der Waals surface area contributed by atoms with E-state index in [-0.39, 0.29) is 0 Å². The fourth-order valence-corrected chi connectivity index (χ4v) is 4.47. The van der Waals surface area contributed by atoms with Gasteiger partial charge in [0.1, 0.15) is 0 Å². The second-order valence-electron chi connectivity index (χ2n) is 6.46. The molecule has 0 aromatic heterocycles. The van der Waals surface area contributed by atoms with E-state index in [1.165, 1.54) is 0 Å². The summed E-state index contributed by atoms with van der Waals surface area (Å²) in [6.45, 7) is 15.0. The lowest BCUT2D eigenvalue weighted by molar-refractivity contribution is 0.0451. The van der Waals surface area contributed by atoms with E-state index in [1.54, 1.807) is 0 Å². The summed E-state index contributed by atoms with van der Waals surface area (Å²) in [5.41, 5.74) is 0. The number of hydrogen-bond donors (Lipinski definition) is 0. The van der Waals surface area contributed by atoms with E-state index < -0.39 is 8.11 Å². The van der Waals surface area contributed by atoms with E-state index in [4.69, 9.17) is 24.4 Å². The van der Waals surface area contributed by atoms with Gasteiger partial charge in [-0.25, -0.2) is 0 Å². The van der Waals surface area contributed by atoms with E-state index >= 15 is 0 Å². The Kier molecular flexibility index (Phi) is 13.9. The first-order chi connectivity index (χ1) is 11.0. The molecule has 0 aliphatic carbocycles. The minimum absolute atomic E-state index is 0.522. The lowest BCUT2D eigenvalue weighted by atomic mass is 10.1. The van der Waals surface area contributed by atoms with E-state index in [2.05, 4.69) is 41.5 Å². The smallest absolute Gasteiger partial charge is 0.361 e. The Hall–Kier alpha value is 0.387. The van der Waals surface area contributed by atoms with Crippen LogP contribution in [0, 0.1) is 17.8 Å². The Morgan fingerprint density at radius 3 is 0.957 bits per heavy atom. The van der Waals surface area contributed by atoms with Crippen molar-refractivity contribution in [1.82, 2.24) is 0 Å². The highest BCUT2D eigenvalue weighted by atomic mass is 35.6. The monoisotopic (exact) mass is 366 g/mol. The van der Waals surface area contributed by atoms with E-state index in [9.17, 15) is 0 Å². The normalized spacial score (nSPS) is 12.8. The van der Waals surface area contributed by atoms with Gasteiger partial charge in [-0.15, -0.1) is 0 Å². The summed E-state index contributed by atoms with van der Waals surface area (Å²) in [6.07, 6.45) is 6.57. The largest absolute Gasteiger partial charge is 0.613 e. The van der Waals surface area contributed by atoms with Crippen LogP contribution in [0.2, 0.25) is 0 Å². The molecule has 0 radical (unpaired) electrons. The molecule has 0 fully saturated rings. The lowest BCUT2D eigenvalue weighted by Crippen LogP contribution is -2.43. The summed E-state index contributed by atoms with van der Waals surface area (Å²) in [6, 6.07) is 0. The molecule has 0 aliphatic heterocycles. The van der Waals surface area contributed by atoms with Gasteiger partial charge in [-0.05, 0) is 17.8 Å². The third kappa shape index (κ3) is 10.1. The first kappa shape index (κ1) is 23.4. The molecule has 23 heavy (non-hydrogen) atoms. The maximum Gasteiger partial charge on any atom is 0.613 e. The molecule has 0 aromatic carbocycles. The standard InChI is InChI=1S/C18H39ClO3Si/c1-7-16(8-2)13-20-23(19,21-14-17(9-3)10-4)22-15-18(11-5)12-6/h16-18H,7-15H2,1-6H3. The average molecular weight is 367 g/mol. The maximum atomic E-state index is 6.69. The minimum atomic E-state index is -3.06. The molecule has 0 bridgehead atoms.